The molecule has 1 heterocycles. The van der Waals surface area contributed by atoms with Crippen molar-refractivity contribution in [2.75, 3.05) is 0 Å². The molecule has 5 nitrogen and oxygen atoms in total. The van der Waals surface area contributed by atoms with Gasteiger partial charge >= 0.3 is 11.9 Å². The van der Waals surface area contributed by atoms with Gasteiger partial charge in [-0.25, -0.2) is 4.79 Å². The molecule has 1 N–H and O–H groups in total. The van der Waals surface area contributed by atoms with Gasteiger partial charge < -0.3 is 14.6 Å². The van der Waals surface area contributed by atoms with E-state index in [9.17, 15) is 14.7 Å². The molecular formula is C31H46O5. The van der Waals surface area contributed by atoms with Gasteiger partial charge in [-0.15, -0.1) is 0 Å². The highest BCUT2D eigenvalue weighted by molar-refractivity contribution is 5.94. The highest BCUT2D eigenvalue weighted by Crippen LogP contribution is 2.78. The minimum atomic E-state index is -0.737. The predicted molar refractivity (Wildman–Crippen MR) is 137 cm³/mol. The topological polar surface area (TPSA) is 72.8 Å². The molecule has 6 rings (SSSR count). The highest BCUT2D eigenvalue weighted by Gasteiger charge is 2.72. The van der Waals surface area contributed by atoms with Gasteiger partial charge in [0.25, 0.3) is 0 Å². The Morgan fingerprint density at radius 2 is 1.78 bits per heavy atom. The first-order valence-corrected chi connectivity index (χ1v) is 14.7. The molecule has 1 aliphatic heterocycles. The van der Waals surface area contributed by atoms with Crippen LogP contribution in [0.4, 0.5) is 0 Å². The summed E-state index contributed by atoms with van der Waals surface area (Å²) in [6.07, 6.45) is 9.26. The molecule has 0 aromatic heterocycles. The fourth-order valence-electron chi connectivity index (χ4n) is 11.3. The first-order chi connectivity index (χ1) is 16.9. The van der Waals surface area contributed by atoms with E-state index in [4.69, 9.17) is 9.47 Å². The van der Waals surface area contributed by atoms with Crippen molar-refractivity contribution < 1.29 is 24.2 Å². The molecular weight excluding hydrogens is 452 g/mol. The Labute approximate surface area is 216 Å². The van der Waals surface area contributed by atoms with Gasteiger partial charge in [-0.1, -0.05) is 34.1 Å². The molecule has 0 amide bonds. The summed E-state index contributed by atoms with van der Waals surface area (Å²) in [6, 6.07) is 0. The number of hydrogen-bond acceptors (Lipinski definition) is 5. The summed E-state index contributed by atoms with van der Waals surface area (Å²) >= 11 is 0. The molecule has 0 bridgehead atoms. The molecule has 6 aliphatic rings. The summed E-state index contributed by atoms with van der Waals surface area (Å²) in [5, 5.41) is 9.90. The molecule has 1 spiro atoms. The van der Waals surface area contributed by atoms with E-state index in [1.165, 1.54) is 38.5 Å². The molecule has 0 aromatic carbocycles. The second kappa shape index (κ2) is 7.83. The Morgan fingerprint density at radius 1 is 1.08 bits per heavy atom. The molecule has 11 atom stereocenters. The fourth-order valence-corrected chi connectivity index (χ4v) is 11.3. The zero-order chi connectivity index (χ0) is 25.8. The molecule has 5 aliphatic carbocycles. The average Bonchev–Trinajstić information content (AvgIpc) is 3.30. The second-order valence-electron chi connectivity index (χ2n) is 14.4. The van der Waals surface area contributed by atoms with E-state index in [-0.39, 0.29) is 47.3 Å². The van der Waals surface area contributed by atoms with E-state index in [0.29, 0.717) is 11.3 Å². The number of hydrogen-bond donors (Lipinski definition) is 1. The maximum atomic E-state index is 13.3. The second-order valence-corrected chi connectivity index (χ2v) is 14.4. The SMILES string of the molecule is C[C@H](O)CC(=O)O[C@H]1C[C@@H]2[C@@]3(C)CCC[C@@]4(C[C@@H]4C)[C@@H]3CC[C@@]2(C)[C@@H]2CCC3=C(C(=O)O[C@H]3C)[C@@]12C. The molecule has 0 aromatic rings. The third-order valence-corrected chi connectivity index (χ3v) is 12.8. The third kappa shape index (κ3) is 3.10. The van der Waals surface area contributed by atoms with E-state index in [2.05, 4.69) is 27.7 Å². The van der Waals surface area contributed by atoms with Crippen LogP contribution in [0.2, 0.25) is 0 Å². The van der Waals surface area contributed by atoms with Crippen molar-refractivity contribution in [2.45, 2.75) is 124 Å². The van der Waals surface area contributed by atoms with Crippen LogP contribution >= 0.6 is 0 Å². The quantitative estimate of drug-likeness (QED) is 0.485. The number of ether oxygens (including phenoxy) is 2. The van der Waals surface area contributed by atoms with Gasteiger partial charge in [0.15, 0.2) is 0 Å². The van der Waals surface area contributed by atoms with Gasteiger partial charge in [-0.2, -0.15) is 0 Å². The first kappa shape index (κ1) is 24.9. The van der Waals surface area contributed by atoms with Crippen LogP contribution in [0.1, 0.15) is 106 Å². The average molecular weight is 499 g/mol. The van der Waals surface area contributed by atoms with Crippen LogP contribution in [0.5, 0.6) is 0 Å². The van der Waals surface area contributed by atoms with Crippen LogP contribution < -0.4 is 0 Å². The lowest BCUT2D eigenvalue weighted by Crippen LogP contribution is -2.65. The molecule has 0 unspecified atom stereocenters. The standard InChI is InChI=1S/C31H46O5/c1-17-16-31(17)12-7-11-28(4)22(31)10-13-29(5)21-9-8-20-19(3)35-27(34)26(20)30(21,6)24(15-23(28)29)36-25(33)14-18(2)32/h17-19,21-24,32H,7-16H2,1-6H3/t17-,18-,19-,21-,22+,23+,24-,28-,29-,30+,31-/m0/s1. The summed E-state index contributed by atoms with van der Waals surface area (Å²) in [5.41, 5.74) is 2.27. The number of rotatable bonds is 3. The van der Waals surface area contributed by atoms with E-state index in [1.807, 2.05) is 6.92 Å². The van der Waals surface area contributed by atoms with Crippen molar-refractivity contribution in [1.29, 1.82) is 0 Å². The van der Waals surface area contributed by atoms with Crippen molar-refractivity contribution >= 4 is 11.9 Å². The molecule has 0 saturated heterocycles. The van der Waals surface area contributed by atoms with Crippen molar-refractivity contribution in [3.63, 3.8) is 0 Å². The molecule has 36 heavy (non-hydrogen) atoms. The van der Waals surface area contributed by atoms with Crippen molar-refractivity contribution in [2.24, 2.45) is 45.3 Å². The number of aliphatic hydroxyl groups is 1. The van der Waals surface area contributed by atoms with Crippen LogP contribution in [0.25, 0.3) is 0 Å². The number of carbonyl (C=O) groups excluding carboxylic acids is 2. The summed E-state index contributed by atoms with van der Waals surface area (Å²) in [7, 11) is 0. The maximum absolute atomic E-state index is 13.3. The van der Waals surface area contributed by atoms with Crippen LogP contribution in [0.15, 0.2) is 11.1 Å². The number of carbonyl (C=O) groups is 2. The molecule has 4 fully saturated rings. The van der Waals surface area contributed by atoms with Crippen LogP contribution in [-0.2, 0) is 19.1 Å². The smallest absolute Gasteiger partial charge is 0.335 e. The Hall–Kier alpha value is -1.36. The normalized spacial score (nSPS) is 52.0. The van der Waals surface area contributed by atoms with E-state index in [1.54, 1.807) is 6.92 Å². The van der Waals surface area contributed by atoms with Crippen LogP contribution in [-0.4, -0.2) is 35.4 Å². The fraction of sp³-hybridized carbons (Fsp3) is 0.871. The van der Waals surface area contributed by atoms with Gasteiger partial charge in [-0.05, 0) is 111 Å². The first-order valence-electron chi connectivity index (χ1n) is 14.7. The number of cyclic esters (lactones) is 1. The zero-order valence-electron chi connectivity index (χ0n) is 23.2. The Bertz CT molecular complexity index is 1010. The lowest BCUT2D eigenvalue weighted by molar-refractivity contribution is -0.223. The lowest BCUT2D eigenvalue weighted by atomic mass is 9.35. The van der Waals surface area contributed by atoms with Crippen molar-refractivity contribution in [3.8, 4) is 0 Å². The third-order valence-electron chi connectivity index (χ3n) is 12.8. The van der Waals surface area contributed by atoms with E-state index >= 15 is 0 Å². The Morgan fingerprint density at radius 3 is 2.44 bits per heavy atom. The summed E-state index contributed by atoms with van der Waals surface area (Å²) in [4.78, 5) is 26.3. The minimum Gasteiger partial charge on any atom is -0.461 e. The van der Waals surface area contributed by atoms with Crippen LogP contribution in [0.3, 0.4) is 0 Å². The van der Waals surface area contributed by atoms with Crippen LogP contribution in [0, 0.1) is 45.3 Å². The minimum absolute atomic E-state index is 0.00749. The number of aliphatic hydroxyl groups excluding tert-OH is 1. The van der Waals surface area contributed by atoms with Gasteiger partial charge in [0.1, 0.15) is 12.2 Å². The maximum Gasteiger partial charge on any atom is 0.335 e. The van der Waals surface area contributed by atoms with Crippen molar-refractivity contribution in [1.82, 2.24) is 0 Å². The zero-order valence-corrected chi connectivity index (χ0v) is 23.2. The van der Waals surface area contributed by atoms with Gasteiger partial charge in [0, 0.05) is 11.0 Å². The van der Waals surface area contributed by atoms with E-state index in [0.717, 1.165) is 42.2 Å². The molecule has 200 valence electrons. The Kier molecular flexibility index (Phi) is 5.43. The van der Waals surface area contributed by atoms with Gasteiger partial charge in [-0.3, -0.25) is 4.79 Å². The molecule has 5 heteroatoms. The summed E-state index contributed by atoms with van der Waals surface area (Å²) in [6.45, 7) is 13.4. The van der Waals surface area contributed by atoms with Gasteiger partial charge in [0.05, 0.1) is 12.5 Å². The molecule has 0 radical (unpaired) electrons. The monoisotopic (exact) mass is 498 g/mol. The largest absolute Gasteiger partial charge is 0.461 e. The lowest BCUT2D eigenvalue weighted by Gasteiger charge is -2.69. The van der Waals surface area contributed by atoms with Gasteiger partial charge in [0.2, 0.25) is 0 Å². The highest BCUT2D eigenvalue weighted by atomic mass is 16.6. The number of esters is 2. The number of fused-ring (bicyclic) bond motifs is 7. The van der Waals surface area contributed by atoms with E-state index < -0.39 is 11.5 Å². The Balaban J connectivity index is 1.45. The summed E-state index contributed by atoms with van der Waals surface area (Å²) in [5.74, 6) is 1.77. The molecule has 4 saturated carbocycles. The summed E-state index contributed by atoms with van der Waals surface area (Å²) < 4.78 is 12.1. The van der Waals surface area contributed by atoms with Crippen molar-refractivity contribution in [3.05, 3.63) is 11.1 Å². The predicted octanol–water partition coefficient (Wildman–Crippen LogP) is 5.98.